The van der Waals surface area contributed by atoms with E-state index < -0.39 is 0 Å². The lowest BCUT2D eigenvalue weighted by Gasteiger charge is -2.23. The summed E-state index contributed by atoms with van der Waals surface area (Å²) in [5.74, 6) is 1.30. The molecule has 1 aliphatic carbocycles. The molecule has 2 fully saturated rings. The molecule has 4 nitrogen and oxygen atoms in total. The Labute approximate surface area is 174 Å². The average molecular weight is 474 g/mol. The number of hydrogen-bond donors (Lipinski definition) is 2. The molecular formula is C20H32FIN4. The maximum Gasteiger partial charge on any atom is 0.191 e. The first-order chi connectivity index (χ1) is 11.9. The van der Waals surface area contributed by atoms with Gasteiger partial charge < -0.3 is 10.6 Å². The van der Waals surface area contributed by atoms with Gasteiger partial charge in [-0.25, -0.2) is 4.39 Å². The smallest absolute Gasteiger partial charge is 0.191 e. The third-order valence-corrected chi connectivity index (χ3v) is 5.82. The van der Waals surface area contributed by atoms with Gasteiger partial charge in [0.25, 0.3) is 0 Å². The molecule has 1 saturated carbocycles. The van der Waals surface area contributed by atoms with E-state index in [2.05, 4.69) is 41.3 Å². The van der Waals surface area contributed by atoms with Crippen LogP contribution >= 0.6 is 24.0 Å². The molecule has 2 N–H and O–H groups in total. The van der Waals surface area contributed by atoms with E-state index in [-0.39, 0.29) is 35.2 Å². The molecular weight excluding hydrogens is 442 g/mol. The molecule has 0 aromatic heterocycles. The van der Waals surface area contributed by atoms with Gasteiger partial charge in [-0.05, 0) is 50.3 Å². The summed E-state index contributed by atoms with van der Waals surface area (Å²) in [7, 11) is 1.83. The Morgan fingerprint density at radius 2 is 1.92 bits per heavy atom. The van der Waals surface area contributed by atoms with E-state index in [1.54, 1.807) is 12.1 Å². The minimum atomic E-state index is -0.171. The highest BCUT2D eigenvalue weighted by atomic mass is 127. The molecule has 2 atom stereocenters. The summed E-state index contributed by atoms with van der Waals surface area (Å²) < 4.78 is 13.2. The van der Waals surface area contributed by atoms with E-state index in [1.807, 2.05) is 19.2 Å². The lowest BCUT2D eigenvalue weighted by Crippen LogP contribution is -2.48. The van der Waals surface area contributed by atoms with Gasteiger partial charge in [-0.3, -0.25) is 9.89 Å². The van der Waals surface area contributed by atoms with Gasteiger partial charge in [-0.15, -0.1) is 24.0 Å². The lowest BCUT2D eigenvalue weighted by molar-refractivity contribution is 0.265. The summed E-state index contributed by atoms with van der Waals surface area (Å²) in [5.41, 5.74) is 1.36. The molecule has 0 radical (unpaired) electrons. The van der Waals surface area contributed by atoms with Gasteiger partial charge in [0.1, 0.15) is 5.82 Å². The average Bonchev–Trinajstić information content (AvgIpc) is 3.29. The van der Waals surface area contributed by atoms with Crippen LogP contribution in [-0.4, -0.2) is 49.6 Å². The molecule has 3 rings (SSSR count). The molecule has 6 heteroatoms. The van der Waals surface area contributed by atoms with Crippen LogP contribution in [0.15, 0.2) is 29.3 Å². The maximum atomic E-state index is 13.2. The number of rotatable bonds is 5. The molecule has 1 aliphatic heterocycles. The fraction of sp³-hybridized carbons (Fsp3) is 0.650. The first-order valence-electron chi connectivity index (χ1n) is 9.41. The first-order valence-corrected chi connectivity index (χ1v) is 9.41. The van der Waals surface area contributed by atoms with Crippen LogP contribution in [0.4, 0.5) is 4.39 Å². The fourth-order valence-electron chi connectivity index (χ4n) is 3.76. The van der Waals surface area contributed by atoms with Crippen molar-refractivity contribution in [3.8, 4) is 0 Å². The molecule has 26 heavy (non-hydrogen) atoms. The van der Waals surface area contributed by atoms with Crippen molar-refractivity contribution in [3.05, 3.63) is 35.6 Å². The molecule has 0 spiro atoms. The van der Waals surface area contributed by atoms with Crippen molar-refractivity contribution < 1.29 is 4.39 Å². The Kier molecular flexibility index (Phi) is 7.30. The summed E-state index contributed by atoms with van der Waals surface area (Å²) in [6, 6.07) is 7.96. The topological polar surface area (TPSA) is 39.7 Å². The van der Waals surface area contributed by atoms with Crippen LogP contribution in [0.1, 0.15) is 39.2 Å². The highest BCUT2D eigenvalue weighted by Crippen LogP contribution is 2.47. The van der Waals surface area contributed by atoms with Crippen molar-refractivity contribution in [3.63, 3.8) is 0 Å². The van der Waals surface area contributed by atoms with E-state index in [4.69, 9.17) is 0 Å². The van der Waals surface area contributed by atoms with Crippen molar-refractivity contribution in [1.82, 2.24) is 15.5 Å². The number of halogens is 2. The van der Waals surface area contributed by atoms with Crippen molar-refractivity contribution in [1.29, 1.82) is 0 Å². The number of nitrogens with zero attached hydrogens (tertiary/aromatic N) is 2. The van der Waals surface area contributed by atoms with E-state index in [9.17, 15) is 4.39 Å². The second-order valence-corrected chi connectivity index (χ2v) is 7.99. The van der Waals surface area contributed by atoms with Crippen LogP contribution in [0.5, 0.6) is 0 Å². The standard InChI is InChI=1S/C20H31FN4.HI/c1-14(2)25-11-15(3)18(12-25)24-19(22-4)23-13-20(9-10-20)16-5-7-17(21)8-6-16;/h5-8,14-15,18H,9-13H2,1-4H3,(H2,22,23,24);1H. The van der Waals surface area contributed by atoms with E-state index in [0.29, 0.717) is 18.0 Å². The zero-order chi connectivity index (χ0) is 18.0. The van der Waals surface area contributed by atoms with Crippen molar-refractivity contribution in [2.45, 2.75) is 51.1 Å². The Balaban J connectivity index is 0.00000243. The molecule has 1 saturated heterocycles. The maximum absolute atomic E-state index is 13.2. The third kappa shape index (κ3) is 4.88. The summed E-state index contributed by atoms with van der Waals surface area (Å²) in [5, 5.41) is 7.10. The second kappa shape index (κ2) is 8.87. The number of likely N-dealkylation sites (tertiary alicyclic amines) is 1. The number of nitrogens with one attached hydrogen (secondary N) is 2. The summed E-state index contributed by atoms with van der Waals surface area (Å²) >= 11 is 0. The van der Waals surface area contributed by atoms with Crippen LogP contribution in [0, 0.1) is 11.7 Å². The number of benzene rings is 1. The van der Waals surface area contributed by atoms with E-state index in [1.165, 1.54) is 5.56 Å². The quantitative estimate of drug-likeness (QED) is 0.391. The number of guanidine groups is 1. The van der Waals surface area contributed by atoms with E-state index >= 15 is 0 Å². The fourth-order valence-corrected chi connectivity index (χ4v) is 3.76. The predicted molar refractivity (Wildman–Crippen MR) is 117 cm³/mol. The van der Waals surface area contributed by atoms with Crippen molar-refractivity contribution in [2.75, 3.05) is 26.7 Å². The third-order valence-electron chi connectivity index (χ3n) is 5.82. The lowest BCUT2D eigenvalue weighted by atomic mass is 9.96. The highest BCUT2D eigenvalue weighted by molar-refractivity contribution is 14.0. The van der Waals surface area contributed by atoms with Crippen molar-refractivity contribution in [2.24, 2.45) is 10.9 Å². The zero-order valence-electron chi connectivity index (χ0n) is 16.3. The van der Waals surface area contributed by atoms with Crippen LogP contribution in [0.25, 0.3) is 0 Å². The normalized spacial score (nSPS) is 25.1. The summed E-state index contributed by atoms with van der Waals surface area (Å²) in [4.78, 5) is 6.92. The monoisotopic (exact) mass is 474 g/mol. The van der Waals surface area contributed by atoms with Gasteiger partial charge in [0.2, 0.25) is 0 Å². The van der Waals surface area contributed by atoms with Crippen LogP contribution in [0.2, 0.25) is 0 Å². The largest absolute Gasteiger partial charge is 0.356 e. The molecule has 1 aromatic carbocycles. The van der Waals surface area contributed by atoms with Crippen molar-refractivity contribution >= 4 is 29.9 Å². The minimum absolute atomic E-state index is 0. The Bertz CT molecular complexity index is 613. The van der Waals surface area contributed by atoms with Crippen LogP contribution < -0.4 is 10.6 Å². The molecule has 0 amide bonds. The Hall–Kier alpha value is -0.890. The van der Waals surface area contributed by atoms with Gasteiger partial charge >= 0.3 is 0 Å². The molecule has 2 aliphatic rings. The number of aliphatic imine (C=N–C) groups is 1. The molecule has 1 aromatic rings. The summed E-state index contributed by atoms with van der Waals surface area (Å²) in [6.07, 6.45) is 2.28. The molecule has 2 unspecified atom stereocenters. The van der Waals surface area contributed by atoms with Gasteiger partial charge in [-0.1, -0.05) is 19.1 Å². The first kappa shape index (κ1) is 21.4. The number of hydrogen-bond acceptors (Lipinski definition) is 2. The van der Waals surface area contributed by atoms with Gasteiger partial charge in [0.05, 0.1) is 0 Å². The van der Waals surface area contributed by atoms with Crippen LogP contribution in [-0.2, 0) is 5.41 Å². The molecule has 1 heterocycles. The molecule has 146 valence electrons. The Morgan fingerprint density at radius 3 is 2.42 bits per heavy atom. The summed E-state index contributed by atoms with van der Waals surface area (Å²) in [6.45, 7) is 9.83. The second-order valence-electron chi connectivity index (χ2n) is 7.99. The van der Waals surface area contributed by atoms with Crippen LogP contribution in [0.3, 0.4) is 0 Å². The predicted octanol–water partition coefficient (Wildman–Crippen LogP) is 3.37. The van der Waals surface area contributed by atoms with E-state index in [0.717, 1.165) is 38.4 Å². The SMILES string of the molecule is CN=C(NCC1(c2ccc(F)cc2)CC1)NC1CN(C(C)C)CC1C.I. The Morgan fingerprint density at radius 1 is 1.27 bits per heavy atom. The van der Waals surface area contributed by atoms with Gasteiger partial charge in [0, 0.05) is 44.2 Å². The van der Waals surface area contributed by atoms with Gasteiger partial charge in [0.15, 0.2) is 5.96 Å². The molecule has 0 bridgehead atoms. The van der Waals surface area contributed by atoms with Gasteiger partial charge in [-0.2, -0.15) is 0 Å². The minimum Gasteiger partial charge on any atom is -0.356 e. The highest BCUT2D eigenvalue weighted by Gasteiger charge is 2.44. The zero-order valence-corrected chi connectivity index (χ0v) is 18.6.